The minimum atomic E-state index is -0.209. The first-order valence-electron chi connectivity index (χ1n) is 10.2. The molecule has 6 heteroatoms. The Hall–Kier alpha value is -2.89. The first-order chi connectivity index (χ1) is 13.9. The molecule has 6 nitrogen and oxygen atoms in total. The highest BCUT2D eigenvalue weighted by molar-refractivity contribution is 6.02. The van der Waals surface area contributed by atoms with Crippen LogP contribution >= 0.6 is 0 Å². The molecule has 3 rings (SSSR count). The Kier molecular flexibility index (Phi) is 6.52. The number of aryl methyl sites for hydroxylation is 3. The smallest absolute Gasteiger partial charge is 0.257 e. The van der Waals surface area contributed by atoms with Crippen LogP contribution in [-0.2, 0) is 4.79 Å². The van der Waals surface area contributed by atoms with Gasteiger partial charge in [0.15, 0.2) is 0 Å². The number of piperidine rings is 1. The number of anilines is 2. The lowest BCUT2D eigenvalue weighted by molar-refractivity contribution is -0.116. The van der Waals surface area contributed by atoms with Crippen molar-refractivity contribution in [1.82, 2.24) is 9.88 Å². The van der Waals surface area contributed by atoms with Gasteiger partial charge in [0.2, 0.25) is 5.91 Å². The molecule has 0 atom stereocenters. The highest BCUT2D eigenvalue weighted by Crippen LogP contribution is 2.24. The van der Waals surface area contributed by atoms with Crippen LogP contribution in [0, 0.1) is 20.8 Å². The molecule has 0 spiro atoms. The van der Waals surface area contributed by atoms with Crippen molar-refractivity contribution in [2.24, 2.45) is 0 Å². The predicted octanol–water partition coefficient (Wildman–Crippen LogP) is 3.71. The fraction of sp³-hybridized carbons (Fsp3) is 0.435. The van der Waals surface area contributed by atoms with Crippen molar-refractivity contribution in [3.8, 4) is 0 Å². The summed E-state index contributed by atoms with van der Waals surface area (Å²) in [6.45, 7) is 7.79. The molecule has 1 aliphatic rings. The SMILES string of the molecule is Cc1cc(C)c(NC(=O)CN(C)C(=O)c2cccnc2N2CCCCC2)c(C)c1. The number of pyridine rings is 1. The number of aromatic nitrogens is 1. The number of amides is 2. The van der Waals surface area contributed by atoms with Crippen molar-refractivity contribution in [2.75, 3.05) is 36.9 Å². The molecule has 0 saturated carbocycles. The van der Waals surface area contributed by atoms with Crippen LogP contribution in [-0.4, -0.2) is 48.4 Å². The summed E-state index contributed by atoms with van der Waals surface area (Å²) in [6.07, 6.45) is 5.15. The summed E-state index contributed by atoms with van der Waals surface area (Å²) in [4.78, 5) is 33.7. The van der Waals surface area contributed by atoms with Gasteiger partial charge in [-0.3, -0.25) is 9.59 Å². The molecule has 0 aliphatic carbocycles. The highest BCUT2D eigenvalue weighted by atomic mass is 16.2. The largest absolute Gasteiger partial charge is 0.356 e. The van der Waals surface area contributed by atoms with Crippen molar-refractivity contribution < 1.29 is 9.59 Å². The van der Waals surface area contributed by atoms with Gasteiger partial charge in [0.05, 0.1) is 12.1 Å². The fourth-order valence-corrected chi connectivity index (χ4v) is 3.97. The van der Waals surface area contributed by atoms with Crippen LogP contribution in [0.2, 0.25) is 0 Å². The molecule has 1 fully saturated rings. The Morgan fingerprint density at radius 1 is 1.10 bits per heavy atom. The van der Waals surface area contributed by atoms with E-state index >= 15 is 0 Å². The summed E-state index contributed by atoms with van der Waals surface area (Å²) in [5.74, 6) is 0.320. The van der Waals surface area contributed by atoms with Crippen LogP contribution in [0.5, 0.6) is 0 Å². The number of carbonyl (C=O) groups excluding carboxylic acids is 2. The summed E-state index contributed by atoms with van der Waals surface area (Å²) in [7, 11) is 1.66. The molecule has 1 saturated heterocycles. The van der Waals surface area contributed by atoms with Gasteiger partial charge in [0.25, 0.3) is 5.91 Å². The van der Waals surface area contributed by atoms with Gasteiger partial charge in [-0.15, -0.1) is 0 Å². The average Bonchev–Trinajstić information content (AvgIpc) is 2.70. The fourth-order valence-electron chi connectivity index (χ4n) is 3.97. The topological polar surface area (TPSA) is 65.5 Å². The van der Waals surface area contributed by atoms with E-state index in [1.54, 1.807) is 25.4 Å². The summed E-state index contributed by atoms with van der Waals surface area (Å²) in [5.41, 5.74) is 4.56. The first kappa shape index (κ1) is 20.8. The number of nitrogens with one attached hydrogen (secondary N) is 1. The second-order valence-corrected chi connectivity index (χ2v) is 7.91. The number of rotatable bonds is 5. The standard InChI is InChI=1S/C23H30N4O2/c1-16-13-17(2)21(18(3)14-16)25-20(28)15-26(4)23(29)19-9-8-10-24-22(19)27-11-6-5-7-12-27/h8-10,13-14H,5-7,11-12,15H2,1-4H3,(H,25,28). The molecule has 1 aromatic heterocycles. The molecule has 1 N–H and O–H groups in total. The van der Waals surface area contributed by atoms with E-state index in [9.17, 15) is 9.59 Å². The zero-order valence-corrected chi connectivity index (χ0v) is 17.8. The van der Waals surface area contributed by atoms with Crippen LogP contribution in [0.1, 0.15) is 46.3 Å². The molecule has 2 heterocycles. The Morgan fingerprint density at radius 2 is 1.76 bits per heavy atom. The van der Waals surface area contributed by atoms with Crippen molar-refractivity contribution in [1.29, 1.82) is 0 Å². The molecule has 0 unspecified atom stereocenters. The van der Waals surface area contributed by atoms with Gasteiger partial charge in [0, 0.05) is 32.0 Å². The third kappa shape index (κ3) is 4.94. The Morgan fingerprint density at radius 3 is 2.41 bits per heavy atom. The number of nitrogens with zero attached hydrogens (tertiary/aromatic N) is 3. The van der Waals surface area contributed by atoms with Crippen molar-refractivity contribution in [3.05, 3.63) is 52.7 Å². The molecule has 0 bridgehead atoms. The summed E-state index contributed by atoms with van der Waals surface area (Å²) >= 11 is 0. The first-order valence-corrected chi connectivity index (χ1v) is 10.2. The van der Waals surface area contributed by atoms with E-state index in [-0.39, 0.29) is 18.4 Å². The maximum atomic E-state index is 13.1. The quantitative estimate of drug-likeness (QED) is 0.840. The molecule has 1 aliphatic heterocycles. The van der Waals surface area contributed by atoms with E-state index in [1.165, 1.54) is 11.3 Å². The Labute approximate surface area is 172 Å². The monoisotopic (exact) mass is 394 g/mol. The molecule has 154 valence electrons. The van der Waals surface area contributed by atoms with E-state index in [0.717, 1.165) is 54.1 Å². The molecular weight excluding hydrogens is 364 g/mol. The maximum Gasteiger partial charge on any atom is 0.257 e. The minimum Gasteiger partial charge on any atom is -0.356 e. The van der Waals surface area contributed by atoms with E-state index < -0.39 is 0 Å². The summed E-state index contributed by atoms with van der Waals surface area (Å²) in [6, 6.07) is 7.64. The van der Waals surface area contributed by atoms with Crippen LogP contribution in [0.15, 0.2) is 30.5 Å². The molecule has 2 aromatic rings. The predicted molar refractivity (Wildman–Crippen MR) is 117 cm³/mol. The second kappa shape index (κ2) is 9.07. The average molecular weight is 395 g/mol. The van der Waals surface area contributed by atoms with Gasteiger partial charge in [0.1, 0.15) is 5.82 Å². The van der Waals surface area contributed by atoms with Gasteiger partial charge in [-0.05, 0) is 63.3 Å². The van der Waals surface area contributed by atoms with E-state index in [0.29, 0.717) is 5.56 Å². The molecule has 29 heavy (non-hydrogen) atoms. The van der Waals surface area contributed by atoms with Gasteiger partial charge in [-0.2, -0.15) is 0 Å². The lowest BCUT2D eigenvalue weighted by Crippen LogP contribution is -2.37. The molecule has 2 amide bonds. The summed E-state index contributed by atoms with van der Waals surface area (Å²) in [5, 5.41) is 2.96. The van der Waals surface area contributed by atoms with E-state index in [2.05, 4.69) is 15.2 Å². The number of carbonyl (C=O) groups is 2. The Bertz CT molecular complexity index is 880. The number of hydrogen-bond donors (Lipinski definition) is 1. The highest BCUT2D eigenvalue weighted by Gasteiger charge is 2.23. The number of hydrogen-bond acceptors (Lipinski definition) is 4. The van der Waals surface area contributed by atoms with Crippen LogP contribution in [0.3, 0.4) is 0 Å². The van der Waals surface area contributed by atoms with Crippen LogP contribution < -0.4 is 10.2 Å². The zero-order valence-electron chi connectivity index (χ0n) is 17.8. The van der Waals surface area contributed by atoms with Crippen molar-refractivity contribution >= 4 is 23.3 Å². The van der Waals surface area contributed by atoms with E-state index in [4.69, 9.17) is 0 Å². The zero-order chi connectivity index (χ0) is 21.0. The lowest BCUT2D eigenvalue weighted by atomic mass is 10.1. The number of benzene rings is 1. The van der Waals surface area contributed by atoms with Gasteiger partial charge in [-0.1, -0.05) is 17.7 Å². The number of likely N-dealkylation sites (N-methyl/N-ethyl adjacent to an activating group) is 1. The van der Waals surface area contributed by atoms with Gasteiger partial charge < -0.3 is 15.1 Å². The third-order valence-corrected chi connectivity index (χ3v) is 5.34. The van der Waals surface area contributed by atoms with Gasteiger partial charge >= 0.3 is 0 Å². The van der Waals surface area contributed by atoms with Crippen LogP contribution in [0.4, 0.5) is 11.5 Å². The minimum absolute atomic E-state index is 0.0140. The van der Waals surface area contributed by atoms with Crippen molar-refractivity contribution in [2.45, 2.75) is 40.0 Å². The Balaban J connectivity index is 1.70. The van der Waals surface area contributed by atoms with Crippen LogP contribution in [0.25, 0.3) is 0 Å². The molecular formula is C23H30N4O2. The lowest BCUT2D eigenvalue weighted by Gasteiger charge is -2.29. The second-order valence-electron chi connectivity index (χ2n) is 7.91. The van der Waals surface area contributed by atoms with E-state index in [1.807, 2.05) is 32.9 Å². The molecule has 0 radical (unpaired) electrons. The third-order valence-electron chi connectivity index (χ3n) is 5.34. The molecule has 1 aromatic carbocycles. The normalized spacial score (nSPS) is 13.9. The summed E-state index contributed by atoms with van der Waals surface area (Å²) < 4.78 is 0. The van der Waals surface area contributed by atoms with Gasteiger partial charge in [-0.25, -0.2) is 4.98 Å². The van der Waals surface area contributed by atoms with Crippen molar-refractivity contribution in [3.63, 3.8) is 0 Å². The maximum absolute atomic E-state index is 13.1.